The minimum absolute atomic E-state index is 0.0486. The quantitative estimate of drug-likeness (QED) is 0.505. The largest absolute Gasteiger partial charge is 0.480 e. The number of ether oxygens (including phenoxy) is 2. The minimum atomic E-state index is -1.52. The number of amides is 2. The molecule has 0 saturated carbocycles. The zero-order valence-electron chi connectivity index (χ0n) is 20.3. The van der Waals surface area contributed by atoms with Crippen molar-refractivity contribution in [1.82, 2.24) is 10.2 Å². The molecule has 0 atom stereocenters. The van der Waals surface area contributed by atoms with Crippen LogP contribution in [-0.2, 0) is 20.9 Å². The van der Waals surface area contributed by atoms with Crippen molar-refractivity contribution in [3.63, 3.8) is 0 Å². The fourth-order valence-electron chi connectivity index (χ4n) is 5.10. The van der Waals surface area contributed by atoms with E-state index in [0.29, 0.717) is 0 Å². The van der Waals surface area contributed by atoms with Crippen molar-refractivity contribution in [2.24, 2.45) is 0 Å². The van der Waals surface area contributed by atoms with Gasteiger partial charge in [0, 0.05) is 19.0 Å². The Balaban J connectivity index is 1.18. The van der Waals surface area contributed by atoms with E-state index < -0.39 is 23.7 Å². The number of carboxylic acid groups (broad SMARTS) is 1. The van der Waals surface area contributed by atoms with Crippen LogP contribution >= 0.6 is 0 Å². The average Bonchev–Trinajstić information content (AvgIpc) is 3.25. The Morgan fingerprint density at radius 2 is 1.41 bits per heavy atom. The van der Waals surface area contributed by atoms with Gasteiger partial charge in [-0.25, -0.2) is 14.4 Å². The van der Waals surface area contributed by atoms with Crippen molar-refractivity contribution in [3.05, 3.63) is 95.6 Å². The Morgan fingerprint density at radius 3 is 2.00 bits per heavy atom. The highest BCUT2D eigenvalue weighted by molar-refractivity contribution is 5.85. The molecule has 1 saturated heterocycles. The zero-order valence-corrected chi connectivity index (χ0v) is 20.3. The van der Waals surface area contributed by atoms with Gasteiger partial charge >= 0.3 is 18.2 Å². The maximum absolute atomic E-state index is 12.8. The second kappa shape index (κ2) is 10.3. The van der Waals surface area contributed by atoms with E-state index in [4.69, 9.17) is 9.47 Å². The summed E-state index contributed by atoms with van der Waals surface area (Å²) in [5.74, 6) is -1.28. The number of carboxylic acids is 1. The zero-order chi connectivity index (χ0) is 25.8. The standard InChI is InChI=1S/C29H28N2O6/c32-26(33)29(14-16-31(17-15-29)28(35)37-18-20-8-2-1-3-9-20)30-27(34)36-19-25-23-12-6-4-10-21(23)22-11-5-7-13-24(22)25/h1-13,25H,14-19H2,(H,30,34)(H,32,33). The van der Waals surface area contributed by atoms with Gasteiger partial charge in [-0.3, -0.25) is 0 Å². The van der Waals surface area contributed by atoms with E-state index in [1.165, 1.54) is 4.90 Å². The molecule has 2 N–H and O–H groups in total. The van der Waals surface area contributed by atoms with Crippen molar-refractivity contribution in [2.45, 2.75) is 30.9 Å². The van der Waals surface area contributed by atoms with Crippen LogP contribution in [0.1, 0.15) is 35.4 Å². The summed E-state index contributed by atoms with van der Waals surface area (Å²) in [7, 11) is 0. The highest BCUT2D eigenvalue weighted by Gasteiger charge is 2.44. The number of piperidine rings is 1. The Kier molecular flexibility index (Phi) is 6.81. The van der Waals surface area contributed by atoms with Gasteiger partial charge in [-0.1, -0.05) is 78.9 Å². The monoisotopic (exact) mass is 500 g/mol. The molecule has 1 aliphatic carbocycles. The molecule has 2 aliphatic rings. The Morgan fingerprint density at radius 1 is 0.838 bits per heavy atom. The fourth-order valence-corrected chi connectivity index (χ4v) is 5.10. The molecule has 0 radical (unpaired) electrons. The number of rotatable bonds is 6. The van der Waals surface area contributed by atoms with Gasteiger partial charge in [0.05, 0.1) is 0 Å². The Labute approximate surface area is 214 Å². The first kappa shape index (κ1) is 24.4. The second-order valence-corrected chi connectivity index (χ2v) is 9.37. The molecule has 37 heavy (non-hydrogen) atoms. The molecule has 0 spiro atoms. The lowest BCUT2D eigenvalue weighted by molar-refractivity contribution is -0.146. The lowest BCUT2D eigenvalue weighted by atomic mass is 9.88. The van der Waals surface area contributed by atoms with Crippen LogP contribution in [0.25, 0.3) is 11.1 Å². The van der Waals surface area contributed by atoms with Gasteiger partial charge in [-0.05, 0) is 40.7 Å². The smallest absolute Gasteiger partial charge is 0.410 e. The van der Waals surface area contributed by atoms with Crippen molar-refractivity contribution in [1.29, 1.82) is 0 Å². The molecule has 0 aromatic heterocycles. The normalized spacial score (nSPS) is 15.8. The molecule has 5 rings (SSSR count). The molecular formula is C29H28N2O6. The van der Waals surface area contributed by atoms with Crippen molar-refractivity contribution in [3.8, 4) is 11.1 Å². The van der Waals surface area contributed by atoms with Crippen LogP contribution in [0.2, 0.25) is 0 Å². The summed E-state index contributed by atoms with van der Waals surface area (Å²) in [6.45, 7) is 0.513. The average molecular weight is 501 g/mol. The number of fused-ring (bicyclic) bond motifs is 3. The van der Waals surface area contributed by atoms with E-state index >= 15 is 0 Å². The van der Waals surface area contributed by atoms with Gasteiger partial charge in [0.15, 0.2) is 0 Å². The first-order valence-electron chi connectivity index (χ1n) is 12.3. The SMILES string of the molecule is O=C(NC1(C(=O)O)CCN(C(=O)OCc2ccccc2)CC1)OCC1c2ccccc2-c2ccccc21. The van der Waals surface area contributed by atoms with Crippen molar-refractivity contribution >= 4 is 18.2 Å². The van der Waals surface area contributed by atoms with Crippen LogP contribution in [0.15, 0.2) is 78.9 Å². The summed E-state index contributed by atoms with van der Waals surface area (Å²) in [5.41, 5.74) is 3.73. The summed E-state index contributed by atoms with van der Waals surface area (Å²) in [5, 5.41) is 12.5. The summed E-state index contributed by atoms with van der Waals surface area (Å²) in [6, 6.07) is 25.3. The van der Waals surface area contributed by atoms with Crippen LogP contribution in [0, 0.1) is 0 Å². The third kappa shape index (κ3) is 5.00. The van der Waals surface area contributed by atoms with Gasteiger partial charge in [-0.15, -0.1) is 0 Å². The second-order valence-electron chi connectivity index (χ2n) is 9.37. The van der Waals surface area contributed by atoms with Gasteiger partial charge in [0.2, 0.25) is 0 Å². The number of aliphatic carboxylic acids is 1. The molecule has 190 valence electrons. The van der Waals surface area contributed by atoms with E-state index in [9.17, 15) is 19.5 Å². The summed E-state index contributed by atoms with van der Waals surface area (Å²) in [4.78, 5) is 38.9. The lowest BCUT2D eigenvalue weighted by Gasteiger charge is -2.38. The van der Waals surface area contributed by atoms with Gasteiger partial charge in [-0.2, -0.15) is 0 Å². The molecule has 1 heterocycles. The predicted molar refractivity (Wildman–Crippen MR) is 136 cm³/mol. The van der Waals surface area contributed by atoms with Crippen molar-refractivity contribution < 1.29 is 29.0 Å². The predicted octanol–water partition coefficient (Wildman–Crippen LogP) is 4.78. The highest BCUT2D eigenvalue weighted by Crippen LogP contribution is 2.44. The van der Waals surface area contributed by atoms with Gasteiger partial charge in [0.25, 0.3) is 0 Å². The van der Waals surface area contributed by atoms with Gasteiger partial charge in [0.1, 0.15) is 18.8 Å². The molecule has 3 aromatic carbocycles. The maximum atomic E-state index is 12.8. The van der Waals surface area contributed by atoms with Gasteiger partial charge < -0.3 is 24.8 Å². The van der Waals surface area contributed by atoms with E-state index in [1.54, 1.807) is 0 Å². The minimum Gasteiger partial charge on any atom is -0.480 e. The first-order valence-corrected chi connectivity index (χ1v) is 12.3. The molecule has 2 amide bonds. The maximum Gasteiger partial charge on any atom is 0.410 e. The molecule has 3 aromatic rings. The number of benzene rings is 3. The van der Waals surface area contributed by atoms with E-state index in [1.807, 2.05) is 78.9 Å². The van der Waals surface area contributed by atoms with E-state index in [2.05, 4.69) is 5.32 Å². The Hall–Kier alpha value is -4.33. The van der Waals surface area contributed by atoms with Crippen LogP contribution in [0.4, 0.5) is 9.59 Å². The van der Waals surface area contributed by atoms with E-state index in [0.717, 1.165) is 27.8 Å². The molecule has 1 aliphatic heterocycles. The summed E-state index contributed by atoms with van der Waals surface area (Å²) >= 11 is 0. The number of hydrogen-bond acceptors (Lipinski definition) is 5. The van der Waals surface area contributed by atoms with E-state index in [-0.39, 0.29) is 45.1 Å². The highest BCUT2D eigenvalue weighted by atomic mass is 16.6. The molecule has 8 heteroatoms. The van der Waals surface area contributed by atoms with Crippen LogP contribution < -0.4 is 5.32 Å². The van der Waals surface area contributed by atoms with Crippen LogP contribution in [-0.4, -0.2) is 53.4 Å². The topological polar surface area (TPSA) is 105 Å². The summed E-state index contributed by atoms with van der Waals surface area (Å²) in [6.07, 6.45) is -1.20. The number of carbonyl (C=O) groups excluding carboxylic acids is 2. The number of hydrogen-bond donors (Lipinski definition) is 2. The number of carbonyl (C=O) groups is 3. The molecule has 0 unspecified atom stereocenters. The molecule has 0 bridgehead atoms. The number of likely N-dealkylation sites (tertiary alicyclic amines) is 1. The number of alkyl carbamates (subject to hydrolysis) is 1. The third-order valence-corrected chi connectivity index (χ3v) is 7.17. The number of nitrogens with one attached hydrogen (secondary N) is 1. The Bertz CT molecular complexity index is 1260. The third-order valence-electron chi connectivity index (χ3n) is 7.17. The summed E-state index contributed by atoms with van der Waals surface area (Å²) < 4.78 is 10.9. The first-order chi connectivity index (χ1) is 18.0. The fraction of sp³-hybridized carbons (Fsp3) is 0.276. The molecule has 1 fully saturated rings. The molecular weight excluding hydrogens is 472 g/mol. The van der Waals surface area contributed by atoms with Crippen molar-refractivity contribution in [2.75, 3.05) is 19.7 Å². The number of nitrogens with zero attached hydrogens (tertiary/aromatic N) is 1. The van der Waals surface area contributed by atoms with Crippen LogP contribution in [0.5, 0.6) is 0 Å². The molecule has 8 nitrogen and oxygen atoms in total. The van der Waals surface area contributed by atoms with Crippen LogP contribution in [0.3, 0.4) is 0 Å². The lowest BCUT2D eigenvalue weighted by Crippen LogP contribution is -2.60.